The summed E-state index contributed by atoms with van der Waals surface area (Å²) in [6.07, 6.45) is -0.915. The normalized spacial score (nSPS) is 11.7. The van der Waals surface area contributed by atoms with Crippen LogP contribution in [0.2, 0.25) is 5.02 Å². The second-order valence-corrected chi connectivity index (χ2v) is 5.73. The average Bonchev–Trinajstić information content (AvgIpc) is 2.51. The number of esters is 1. The van der Waals surface area contributed by atoms with Gasteiger partial charge in [-0.15, -0.1) is 0 Å². The van der Waals surface area contributed by atoms with Gasteiger partial charge in [-0.3, -0.25) is 4.79 Å². The van der Waals surface area contributed by atoms with Crippen LogP contribution in [0.25, 0.3) is 0 Å². The van der Waals surface area contributed by atoms with Crippen LogP contribution >= 0.6 is 11.6 Å². The van der Waals surface area contributed by atoms with Gasteiger partial charge in [0, 0.05) is 10.7 Å². The number of ether oxygens (including phenoxy) is 1. The lowest BCUT2D eigenvalue weighted by molar-refractivity contribution is -0.123. The van der Waals surface area contributed by atoms with E-state index in [2.05, 4.69) is 5.32 Å². The van der Waals surface area contributed by atoms with Crippen molar-refractivity contribution in [3.63, 3.8) is 0 Å². The summed E-state index contributed by atoms with van der Waals surface area (Å²) in [5, 5.41) is 3.21. The van der Waals surface area contributed by atoms with Crippen LogP contribution in [0, 0.1) is 13.8 Å². The molecule has 2 rings (SSSR count). The Bertz CT molecular complexity index is 743. The van der Waals surface area contributed by atoms with Gasteiger partial charge in [-0.05, 0) is 56.2 Å². The van der Waals surface area contributed by atoms with Gasteiger partial charge in [0.1, 0.15) is 0 Å². The van der Waals surface area contributed by atoms with E-state index < -0.39 is 12.1 Å². The Labute approximate surface area is 140 Å². The predicted molar refractivity (Wildman–Crippen MR) is 90.9 cm³/mol. The van der Waals surface area contributed by atoms with Crippen LogP contribution < -0.4 is 5.32 Å². The zero-order valence-corrected chi connectivity index (χ0v) is 14.0. The van der Waals surface area contributed by atoms with E-state index in [4.69, 9.17) is 16.3 Å². The van der Waals surface area contributed by atoms with E-state index in [1.54, 1.807) is 18.2 Å². The van der Waals surface area contributed by atoms with Gasteiger partial charge in [0.2, 0.25) is 0 Å². The first kappa shape index (κ1) is 17.0. The molecule has 4 nitrogen and oxygen atoms in total. The summed E-state index contributed by atoms with van der Waals surface area (Å²) in [4.78, 5) is 24.2. The smallest absolute Gasteiger partial charge is 0.338 e. The van der Waals surface area contributed by atoms with Crippen LogP contribution in [-0.4, -0.2) is 18.0 Å². The summed E-state index contributed by atoms with van der Waals surface area (Å²) in [6, 6.07) is 12.0. The van der Waals surface area contributed by atoms with Gasteiger partial charge in [0.05, 0.1) is 5.56 Å². The molecular weight excluding hydrogens is 314 g/mol. The van der Waals surface area contributed by atoms with Crippen LogP contribution in [-0.2, 0) is 9.53 Å². The summed E-state index contributed by atoms with van der Waals surface area (Å²) in [5.74, 6) is -0.967. The number of amides is 1. The quantitative estimate of drug-likeness (QED) is 0.857. The number of benzene rings is 2. The fraction of sp³-hybridized carbons (Fsp3) is 0.222. The largest absolute Gasteiger partial charge is 0.449 e. The number of carbonyl (C=O) groups is 2. The van der Waals surface area contributed by atoms with Gasteiger partial charge in [-0.2, -0.15) is 0 Å². The molecule has 1 atom stereocenters. The molecule has 0 saturated carbocycles. The highest BCUT2D eigenvalue weighted by Gasteiger charge is 2.19. The van der Waals surface area contributed by atoms with E-state index in [9.17, 15) is 9.59 Å². The standard InChI is InChI=1S/C18H18ClNO3/c1-11-6-4-9-16(12(11)2)20-17(21)13(3)23-18(22)14-7-5-8-15(19)10-14/h4-10,13H,1-3H3,(H,20,21)/t13-/m1/s1. The third kappa shape index (κ3) is 4.33. The van der Waals surface area contributed by atoms with Gasteiger partial charge in [0.15, 0.2) is 6.10 Å². The van der Waals surface area contributed by atoms with Crippen LogP contribution in [0.1, 0.15) is 28.4 Å². The summed E-state index contributed by atoms with van der Waals surface area (Å²) in [7, 11) is 0. The molecule has 0 aliphatic heterocycles. The van der Waals surface area contributed by atoms with Gasteiger partial charge in [-0.1, -0.05) is 29.8 Å². The highest BCUT2D eigenvalue weighted by molar-refractivity contribution is 6.30. The molecule has 2 aromatic rings. The number of hydrogen-bond donors (Lipinski definition) is 1. The minimum atomic E-state index is -0.915. The maximum atomic E-state index is 12.2. The fourth-order valence-electron chi connectivity index (χ4n) is 2.02. The van der Waals surface area contributed by atoms with E-state index in [0.717, 1.165) is 11.1 Å². The highest BCUT2D eigenvalue weighted by Crippen LogP contribution is 2.18. The second kappa shape index (κ2) is 7.29. The van der Waals surface area contributed by atoms with Crippen LogP contribution in [0.3, 0.4) is 0 Å². The van der Waals surface area contributed by atoms with Gasteiger partial charge < -0.3 is 10.1 Å². The Kier molecular flexibility index (Phi) is 5.40. The van der Waals surface area contributed by atoms with E-state index in [0.29, 0.717) is 16.3 Å². The number of aryl methyl sites for hydroxylation is 1. The zero-order chi connectivity index (χ0) is 17.0. The first-order valence-electron chi connectivity index (χ1n) is 7.22. The van der Waals surface area contributed by atoms with Crippen molar-refractivity contribution < 1.29 is 14.3 Å². The molecule has 2 aromatic carbocycles. The van der Waals surface area contributed by atoms with E-state index in [1.807, 2.05) is 32.0 Å². The molecule has 0 spiro atoms. The van der Waals surface area contributed by atoms with Crippen molar-refractivity contribution in [1.29, 1.82) is 0 Å². The fourth-order valence-corrected chi connectivity index (χ4v) is 2.21. The van der Waals surface area contributed by atoms with E-state index >= 15 is 0 Å². The van der Waals surface area contributed by atoms with Crippen LogP contribution in [0.5, 0.6) is 0 Å². The van der Waals surface area contributed by atoms with Gasteiger partial charge in [-0.25, -0.2) is 4.79 Å². The van der Waals surface area contributed by atoms with Crippen molar-refractivity contribution >= 4 is 29.2 Å². The Hall–Kier alpha value is -2.33. The molecule has 0 heterocycles. The molecule has 0 aliphatic carbocycles. The van der Waals surface area contributed by atoms with Crippen LogP contribution in [0.4, 0.5) is 5.69 Å². The molecule has 0 radical (unpaired) electrons. The van der Waals surface area contributed by atoms with E-state index in [1.165, 1.54) is 13.0 Å². The average molecular weight is 332 g/mol. The molecular formula is C18H18ClNO3. The summed E-state index contributed by atoms with van der Waals surface area (Å²) >= 11 is 5.84. The van der Waals surface area contributed by atoms with Gasteiger partial charge in [0.25, 0.3) is 5.91 Å². The molecule has 0 fully saturated rings. The first-order valence-corrected chi connectivity index (χ1v) is 7.60. The molecule has 1 amide bonds. The molecule has 0 aromatic heterocycles. The summed E-state index contributed by atoms with van der Waals surface area (Å²) < 4.78 is 5.19. The zero-order valence-electron chi connectivity index (χ0n) is 13.2. The second-order valence-electron chi connectivity index (χ2n) is 5.29. The molecule has 23 heavy (non-hydrogen) atoms. The van der Waals surface area contributed by atoms with Gasteiger partial charge >= 0.3 is 5.97 Å². The lowest BCUT2D eigenvalue weighted by atomic mass is 10.1. The number of nitrogens with one attached hydrogen (secondary N) is 1. The maximum absolute atomic E-state index is 12.2. The molecule has 0 unspecified atom stereocenters. The number of anilines is 1. The molecule has 1 N–H and O–H groups in total. The molecule has 0 bridgehead atoms. The number of halogens is 1. The minimum Gasteiger partial charge on any atom is -0.449 e. The minimum absolute atomic E-state index is 0.309. The third-order valence-electron chi connectivity index (χ3n) is 3.58. The number of carbonyl (C=O) groups excluding carboxylic acids is 2. The molecule has 0 saturated heterocycles. The summed E-state index contributed by atoms with van der Waals surface area (Å²) in [5.41, 5.74) is 3.07. The number of hydrogen-bond acceptors (Lipinski definition) is 3. The van der Waals surface area contributed by atoms with Crippen molar-refractivity contribution in [2.45, 2.75) is 26.9 Å². The monoisotopic (exact) mass is 331 g/mol. The SMILES string of the molecule is Cc1cccc(NC(=O)[C@@H](C)OC(=O)c2cccc(Cl)c2)c1C. The van der Waals surface area contributed by atoms with Crippen molar-refractivity contribution in [2.75, 3.05) is 5.32 Å². The lowest BCUT2D eigenvalue weighted by Gasteiger charge is -2.15. The van der Waals surface area contributed by atoms with Crippen molar-refractivity contribution in [3.05, 3.63) is 64.2 Å². The Morgan fingerprint density at radius 1 is 1.13 bits per heavy atom. The first-order chi connectivity index (χ1) is 10.9. The predicted octanol–water partition coefficient (Wildman–Crippen LogP) is 4.14. The molecule has 120 valence electrons. The molecule has 0 aliphatic rings. The van der Waals surface area contributed by atoms with Crippen molar-refractivity contribution in [3.8, 4) is 0 Å². The Morgan fingerprint density at radius 2 is 1.83 bits per heavy atom. The van der Waals surface area contributed by atoms with E-state index in [-0.39, 0.29) is 5.91 Å². The van der Waals surface area contributed by atoms with Crippen molar-refractivity contribution in [1.82, 2.24) is 0 Å². The lowest BCUT2D eigenvalue weighted by Crippen LogP contribution is -2.30. The van der Waals surface area contributed by atoms with Crippen molar-refractivity contribution in [2.24, 2.45) is 0 Å². The highest BCUT2D eigenvalue weighted by atomic mass is 35.5. The number of rotatable bonds is 4. The third-order valence-corrected chi connectivity index (χ3v) is 3.81. The molecule has 5 heteroatoms. The Balaban J connectivity index is 2.02. The Morgan fingerprint density at radius 3 is 2.52 bits per heavy atom. The summed E-state index contributed by atoms with van der Waals surface area (Å²) in [6.45, 7) is 5.42. The topological polar surface area (TPSA) is 55.4 Å². The maximum Gasteiger partial charge on any atom is 0.338 e. The van der Waals surface area contributed by atoms with Crippen LogP contribution in [0.15, 0.2) is 42.5 Å².